The highest BCUT2D eigenvalue weighted by Crippen LogP contribution is 2.28. The number of nitrogens with zero attached hydrogens (tertiary/aromatic N) is 1. The quantitative estimate of drug-likeness (QED) is 0.765. The van der Waals surface area contributed by atoms with Crippen LogP contribution in [0.1, 0.15) is 6.42 Å². The number of carbonyl (C=O) groups is 1. The molecule has 2 rings (SSSR count). The van der Waals surface area contributed by atoms with Crippen LogP contribution in [0, 0.1) is 0 Å². The maximum Gasteiger partial charge on any atom is 0.221 e. The summed E-state index contributed by atoms with van der Waals surface area (Å²) in [5.41, 5.74) is 7.52. The maximum absolute atomic E-state index is 11.2. The number of amides is 1. The molecule has 5 heteroatoms. The molecule has 86 valence electrons. The highest BCUT2D eigenvalue weighted by Gasteiger charge is 2.15. The monoisotopic (exact) mass is 283 g/mol. The molecule has 1 saturated heterocycles. The van der Waals surface area contributed by atoms with Crippen LogP contribution in [0.2, 0.25) is 0 Å². The van der Waals surface area contributed by atoms with Gasteiger partial charge in [-0.1, -0.05) is 0 Å². The third-order valence-electron chi connectivity index (χ3n) is 2.63. The molecule has 1 fully saturated rings. The topological polar surface area (TPSA) is 58.4 Å². The number of hydrogen-bond acceptors (Lipinski definition) is 3. The number of nitrogens with one attached hydrogen (secondary N) is 1. The fourth-order valence-corrected chi connectivity index (χ4v) is 2.43. The first-order valence-corrected chi connectivity index (χ1v) is 6.03. The molecular weight excluding hydrogens is 270 g/mol. The molecule has 1 aliphatic rings. The van der Waals surface area contributed by atoms with Gasteiger partial charge >= 0.3 is 0 Å². The van der Waals surface area contributed by atoms with Gasteiger partial charge in [0.1, 0.15) is 0 Å². The normalized spacial score (nSPS) is 16.8. The Labute approximate surface area is 103 Å². The highest BCUT2D eigenvalue weighted by atomic mass is 79.9. The Kier molecular flexibility index (Phi) is 3.33. The van der Waals surface area contributed by atoms with Crippen molar-refractivity contribution < 1.29 is 4.79 Å². The van der Waals surface area contributed by atoms with Crippen molar-refractivity contribution >= 4 is 33.2 Å². The molecule has 1 heterocycles. The molecule has 0 bridgehead atoms. The Morgan fingerprint density at radius 3 is 2.94 bits per heavy atom. The summed E-state index contributed by atoms with van der Waals surface area (Å²) in [5, 5.41) is 2.85. The summed E-state index contributed by atoms with van der Waals surface area (Å²) in [6.45, 7) is 2.26. The van der Waals surface area contributed by atoms with E-state index >= 15 is 0 Å². The van der Waals surface area contributed by atoms with Gasteiger partial charge in [0, 0.05) is 36.2 Å². The average molecular weight is 284 g/mol. The van der Waals surface area contributed by atoms with E-state index in [4.69, 9.17) is 5.73 Å². The molecule has 0 spiro atoms. The van der Waals surface area contributed by atoms with Crippen LogP contribution in [0.15, 0.2) is 22.7 Å². The zero-order valence-corrected chi connectivity index (χ0v) is 10.5. The third kappa shape index (κ3) is 2.47. The molecule has 16 heavy (non-hydrogen) atoms. The standard InChI is InChI=1S/C11H14BrN3O/c12-9-7-8(13)1-2-10(9)15-5-3-11(16)14-4-6-15/h1-2,7H,3-6,13H2,(H,14,16). The van der Waals surface area contributed by atoms with E-state index in [-0.39, 0.29) is 5.91 Å². The van der Waals surface area contributed by atoms with Crippen LogP contribution in [0.5, 0.6) is 0 Å². The molecule has 0 atom stereocenters. The van der Waals surface area contributed by atoms with E-state index in [1.54, 1.807) is 0 Å². The van der Waals surface area contributed by atoms with Gasteiger partial charge in [-0.05, 0) is 34.1 Å². The van der Waals surface area contributed by atoms with E-state index in [0.29, 0.717) is 13.0 Å². The van der Waals surface area contributed by atoms with Crippen molar-refractivity contribution in [2.24, 2.45) is 0 Å². The van der Waals surface area contributed by atoms with E-state index in [1.165, 1.54) is 0 Å². The lowest BCUT2D eigenvalue weighted by Crippen LogP contribution is -2.28. The lowest BCUT2D eigenvalue weighted by atomic mass is 10.2. The predicted molar refractivity (Wildman–Crippen MR) is 68.4 cm³/mol. The van der Waals surface area contributed by atoms with Crippen molar-refractivity contribution in [3.63, 3.8) is 0 Å². The second-order valence-electron chi connectivity index (χ2n) is 3.80. The molecule has 1 aromatic carbocycles. The van der Waals surface area contributed by atoms with Crippen molar-refractivity contribution in [1.82, 2.24) is 5.32 Å². The van der Waals surface area contributed by atoms with E-state index in [2.05, 4.69) is 26.1 Å². The molecule has 0 radical (unpaired) electrons. The maximum atomic E-state index is 11.2. The van der Waals surface area contributed by atoms with E-state index in [0.717, 1.165) is 28.9 Å². The summed E-state index contributed by atoms with van der Waals surface area (Å²) < 4.78 is 0.974. The van der Waals surface area contributed by atoms with Gasteiger partial charge in [-0.2, -0.15) is 0 Å². The minimum absolute atomic E-state index is 0.120. The lowest BCUT2D eigenvalue weighted by Gasteiger charge is -2.23. The first-order valence-electron chi connectivity index (χ1n) is 5.23. The second kappa shape index (κ2) is 4.74. The molecular formula is C11H14BrN3O. The van der Waals surface area contributed by atoms with Crippen LogP contribution >= 0.6 is 15.9 Å². The molecule has 0 saturated carbocycles. The minimum atomic E-state index is 0.120. The number of carbonyl (C=O) groups excluding carboxylic acids is 1. The largest absolute Gasteiger partial charge is 0.399 e. The van der Waals surface area contributed by atoms with Crippen molar-refractivity contribution in [1.29, 1.82) is 0 Å². The molecule has 0 aromatic heterocycles. The fraction of sp³-hybridized carbons (Fsp3) is 0.364. The van der Waals surface area contributed by atoms with E-state index in [9.17, 15) is 4.79 Å². The van der Waals surface area contributed by atoms with Crippen LogP contribution in [-0.4, -0.2) is 25.5 Å². The Bertz CT molecular complexity index is 408. The molecule has 4 nitrogen and oxygen atoms in total. The summed E-state index contributed by atoms with van der Waals surface area (Å²) in [4.78, 5) is 13.4. The first-order chi connectivity index (χ1) is 7.66. The zero-order chi connectivity index (χ0) is 11.5. The Hall–Kier alpha value is -1.23. The predicted octanol–water partition coefficient (Wildman–Crippen LogP) is 1.36. The van der Waals surface area contributed by atoms with Crippen LogP contribution in [0.4, 0.5) is 11.4 Å². The van der Waals surface area contributed by atoms with E-state index in [1.807, 2.05) is 18.2 Å². The minimum Gasteiger partial charge on any atom is -0.399 e. The SMILES string of the molecule is Nc1ccc(N2CCNC(=O)CC2)c(Br)c1. The number of benzene rings is 1. The number of nitrogen functional groups attached to an aromatic ring is 1. The van der Waals surface area contributed by atoms with Crippen molar-refractivity contribution in [2.45, 2.75) is 6.42 Å². The molecule has 3 N–H and O–H groups in total. The van der Waals surface area contributed by atoms with Crippen LogP contribution in [-0.2, 0) is 4.79 Å². The van der Waals surface area contributed by atoms with Gasteiger partial charge in [-0.3, -0.25) is 4.79 Å². The third-order valence-corrected chi connectivity index (χ3v) is 3.26. The fourth-order valence-electron chi connectivity index (χ4n) is 1.79. The van der Waals surface area contributed by atoms with Gasteiger partial charge in [0.15, 0.2) is 0 Å². The number of halogens is 1. The Morgan fingerprint density at radius 1 is 1.38 bits per heavy atom. The van der Waals surface area contributed by atoms with Crippen LogP contribution in [0.3, 0.4) is 0 Å². The van der Waals surface area contributed by atoms with Gasteiger partial charge in [0.2, 0.25) is 5.91 Å². The smallest absolute Gasteiger partial charge is 0.221 e. The highest BCUT2D eigenvalue weighted by molar-refractivity contribution is 9.10. The number of rotatable bonds is 1. The Morgan fingerprint density at radius 2 is 2.19 bits per heavy atom. The average Bonchev–Trinajstić information content (AvgIpc) is 2.43. The lowest BCUT2D eigenvalue weighted by molar-refractivity contribution is -0.120. The van der Waals surface area contributed by atoms with Gasteiger partial charge in [0.05, 0.1) is 5.69 Å². The number of anilines is 2. The molecule has 1 aromatic rings. The van der Waals surface area contributed by atoms with Gasteiger partial charge in [-0.15, -0.1) is 0 Å². The van der Waals surface area contributed by atoms with E-state index < -0.39 is 0 Å². The van der Waals surface area contributed by atoms with Crippen LogP contribution in [0.25, 0.3) is 0 Å². The summed E-state index contributed by atoms with van der Waals surface area (Å²) in [5.74, 6) is 0.120. The van der Waals surface area contributed by atoms with Crippen molar-refractivity contribution in [3.05, 3.63) is 22.7 Å². The summed E-state index contributed by atoms with van der Waals surface area (Å²) in [7, 11) is 0. The van der Waals surface area contributed by atoms with Crippen LogP contribution < -0.4 is 16.0 Å². The molecule has 0 aliphatic carbocycles. The van der Waals surface area contributed by atoms with Crippen molar-refractivity contribution in [3.8, 4) is 0 Å². The first kappa shape index (κ1) is 11.3. The summed E-state index contributed by atoms with van der Waals surface area (Å²) >= 11 is 3.50. The molecule has 1 amide bonds. The zero-order valence-electron chi connectivity index (χ0n) is 8.87. The van der Waals surface area contributed by atoms with Crippen molar-refractivity contribution in [2.75, 3.05) is 30.3 Å². The van der Waals surface area contributed by atoms with Gasteiger partial charge in [0.25, 0.3) is 0 Å². The Balaban J connectivity index is 2.19. The molecule has 1 aliphatic heterocycles. The number of hydrogen-bond donors (Lipinski definition) is 2. The number of nitrogens with two attached hydrogens (primary N) is 1. The molecule has 0 unspecified atom stereocenters. The van der Waals surface area contributed by atoms with Gasteiger partial charge in [-0.25, -0.2) is 0 Å². The van der Waals surface area contributed by atoms with Gasteiger partial charge < -0.3 is 16.0 Å². The summed E-state index contributed by atoms with van der Waals surface area (Å²) in [6.07, 6.45) is 0.539. The summed E-state index contributed by atoms with van der Waals surface area (Å²) in [6, 6.07) is 5.74. The second-order valence-corrected chi connectivity index (χ2v) is 4.65.